The molecule has 0 aliphatic carbocycles. The van der Waals surface area contributed by atoms with Gasteiger partial charge in [-0.2, -0.15) is 5.10 Å². The summed E-state index contributed by atoms with van der Waals surface area (Å²) in [5, 5.41) is 4.53. The Kier molecular flexibility index (Phi) is 7.40. The highest BCUT2D eigenvalue weighted by Gasteiger charge is 2.13. The monoisotopic (exact) mass is 436 g/mol. The summed E-state index contributed by atoms with van der Waals surface area (Å²) in [7, 11) is 0. The van der Waals surface area contributed by atoms with Crippen LogP contribution in [-0.2, 0) is 0 Å². The third-order valence-corrected chi connectivity index (χ3v) is 4.46. The number of rotatable bonds is 7. The molecular weight excluding hydrogens is 416 g/mol. The number of carbonyl (C=O) groups is 2. The van der Waals surface area contributed by atoms with Gasteiger partial charge in [-0.25, -0.2) is 10.2 Å². The summed E-state index contributed by atoms with van der Waals surface area (Å²) in [5.41, 5.74) is 5.04. The lowest BCUT2D eigenvalue weighted by Crippen LogP contribution is -2.17. The molecule has 0 radical (unpaired) electrons. The third-order valence-electron chi connectivity index (χ3n) is 4.21. The number of hydrogen-bond acceptors (Lipinski definition) is 5. The van der Waals surface area contributed by atoms with Gasteiger partial charge in [0, 0.05) is 10.6 Å². The molecule has 3 rings (SSSR count). The molecule has 0 saturated carbocycles. The lowest BCUT2D eigenvalue weighted by atomic mass is 10.1. The molecule has 7 heteroatoms. The van der Waals surface area contributed by atoms with Gasteiger partial charge in [-0.05, 0) is 74.0 Å². The maximum Gasteiger partial charge on any atom is 0.343 e. The second kappa shape index (κ2) is 10.4. The van der Waals surface area contributed by atoms with Gasteiger partial charge in [-0.3, -0.25) is 4.79 Å². The Balaban J connectivity index is 1.70. The van der Waals surface area contributed by atoms with E-state index in [0.29, 0.717) is 34.1 Å². The molecule has 0 aliphatic rings. The largest absolute Gasteiger partial charge is 0.490 e. The van der Waals surface area contributed by atoms with E-state index in [1.165, 1.54) is 6.21 Å². The van der Waals surface area contributed by atoms with Crippen LogP contribution in [0.1, 0.15) is 38.8 Å². The Labute approximate surface area is 185 Å². The number of hydrazone groups is 1. The summed E-state index contributed by atoms with van der Waals surface area (Å²) in [6, 6.07) is 18.6. The molecule has 3 aromatic rings. The Morgan fingerprint density at radius 1 is 1.00 bits per heavy atom. The minimum absolute atomic E-state index is 0.280. The molecule has 0 aromatic heterocycles. The molecule has 0 unspecified atom stereocenters. The number of halogens is 1. The average Bonchev–Trinajstić information content (AvgIpc) is 2.76. The summed E-state index contributed by atoms with van der Waals surface area (Å²) in [4.78, 5) is 24.6. The predicted molar refractivity (Wildman–Crippen MR) is 120 cm³/mol. The maximum atomic E-state index is 12.4. The van der Waals surface area contributed by atoms with Crippen LogP contribution in [0.4, 0.5) is 0 Å². The summed E-state index contributed by atoms with van der Waals surface area (Å²) in [6.45, 7) is 4.13. The highest BCUT2D eigenvalue weighted by Crippen LogP contribution is 2.29. The third kappa shape index (κ3) is 6.17. The zero-order valence-corrected chi connectivity index (χ0v) is 17.8. The van der Waals surface area contributed by atoms with E-state index in [1.807, 2.05) is 26.0 Å². The second-order valence-corrected chi connectivity index (χ2v) is 7.04. The standard InChI is InChI=1S/C24H21ClN2O4/c1-3-30-22-14-17(15-26-27-23(28)19-6-4-5-16(2)13-19)7-12-21(22)31-24(29)18-8-10-20(25)11-9-18/h4-15H,3H2,1-2H3,(H,27,28)/b26-15+. The lowest BCUT2D eigenvalue weighted by Gasteiger charge is -2.11. The number of esters is 1. The number of nitrogens with zero attached hydrogens (tertiary/aromatic N) is 1. The SMILES string of the molecule is CCOc1cc(/C=N/NC(=O)c2cccc(C)c2)ccc1OC(=O)c1ccc(Cl)cc1. The van der Waals surface area contributed by atoms with Crippen molar-refractivity contribution in [3.8, 4) is 11.5 Å². The smallest absolute Gasteiger partial charge is 0.343 e. The zero-order valence-electron chi connectivity index (χ0n) is 17.1. The number of aryl methyl sites for hydroxylation is 1. The van der Waals surface area contributed by atoms with Crippen molar-refractivity contribution >= 4 is 29.7 Å². The van der Waals surface area contributed by atoms with Crippen LogP contribution in [0.15, 0.2) is 71.8 Å². The maximum absolute atomic E-state index is 12.4. The van der Waals surface area contributed by atoms with Crippen molar-refractivity contribution in [2.75, 3.05) is 6.61 Å². The molecule has 1 amide bonds. The Morgan fingerprint density at radius 3 is 2.48 bits per heavy atom. The molecule has 31 heavy (non-hydrogen) atoms. The first-order valence-electron chi connectivity index (χ1n) is 9.61. The number of carbonyl (C=O) groups excluding carboxylic acids is 2. The van der Waals surface area contributed by atoms with E-state index in [-0.39, 0.29) is 11.7 Å². The second-order valence-electron chi connectivity index (χ2n) is 6.60. The molecule has 0 aliphatic heterocycles. The average molecular weight is 437 g/mol. The number of benzene rings is 3. The summed E-state index contributed by atoms with van der Waals surface area (Å²) in [6.07, 6.45) is 1.49. The van der Waals surface area contributed by atoms with Crippen LogP contribution in [0.5, 0.6) is 11.5 Å². The van der Waals surface area contributed by atoms with Gasteiger partial charge in [0.2, 0.25) is 0 Å². The van der Waals surface area contributed by atoms with E-state index in [0.717, 1.165) is 5.56 Å². The van der Waals surface area contributed by atoms with Crippen LogP contribution in [0, 0.1) is 6.92 Å². The van der Waals surface area contributed by atoms with Crippen LogP contribution >= 0.6 is 11.6 Å². The Bertz CT molecular complexity index is 1110. The van der Waals surface area contributed by atoms with Gasteiger partial charge < -0.3 is 9.47 Å². The molecule has 1 N–H and O–H groups in total. The fourth-order valence-corrected chi connectivity index (χ4v) is 2.84. The van der Waals surface area contributed by atoms with E-state index in [2.05, 4.69) is 10.5 Å². The summed E-state index contributed by atoms with van der Waals surface area (Å²) < 4.78 is 11.1. The minimum atomic E-state index is -0.524. The van der Waals surface area contributed by atoms with E-state index >= 15 is 0 Å². The molecule has 6 nitrogen and oxygen atoms in total. The van der Waals surface area contributed by atoms with Gasteiger partial charge in [-0.15, -0.1) is 0 Å². The highest BCUT2D eigenvalue weighted by molar-refractivity contribution is 6.30. The van der Waals surface area contributed by atoms with Gasteiger partial charge >= 0.3 is 5.97 Å². The van der Waals surface area contributed by atoms with Crippen molar-refractivity contribution in [1.29, 1.82) is 0 Å². The number of nitrogens with one attached hydrogen (secondary N) is 1. The number of hydrogen-bond donors (Lipinski definition) is 1. The zero-order chi connectivity index (χ0) is 22.2. The van der Waals surface area contributed by atoms with E-state index in [4.69, 9.17) is 21.1 Å². The Morgan fingerprint density at radius 2 is 1.77 bits per heavy atom. The van der Waals surface area contributed by atoms with Crippen molar-refractivity contribution in [1.82, 2.24) is 5.43 Å². The lowest BCUT2D eigenvalue weighted by molar-refractivity contribution is 0.0728. The molecule has 0 saturated heterocycles. The molecule has 0 fully saturated rings. The van der Waals surface area contributed by atoms with Crippen LogP contribution in [0.2, 0.25) is 5.02 Å². The van der Waals surface area contributed by atoms with Crippen molar-refractivity contribution in [2.45, 2.75) is 13.8 Å². The van der Waals surface area contributed by atoms with Crippen LogP contribution in [0.25, 0.3) is 0 Å². The van der Waals surface area contributed by atoms with Crippen molar-refractivity contribution < 1.29 is 19.1 Å². The van der Waals surface area contributed by atoms with Crippen LogP contribution in [0.3, 0.4) is 0 Å². The first-order valence-corrected chi connectivity index (χ1v) is 9.98. The number of ether oxygens (including phenoxy) is 2. The quantitative estimate of drug-likeness (QED) is 0.244. The van der Waals surface area contributed by atoms with E-state index in [1.54, 1.807) is 54.6 Å². The fourth-order valence-electron chi connectivity index (χ4n) is 2.72. The molecule has 0 bridgehead atoms. The van der Waals surface area contributed by atoms with Crippen molar-refractivity contribution in [2.24, 2.45) is 5.10 Å². The summed E-state index contributed by atoms with van der Waals surface area (Å²) in [5.74, 6) is -0.163. The fraction of sp³-hybridized carbons (Fsp3) is 0.125. The van der Waals surface area contributed by atoms with Crippen LogP contribution < -0.4 is 14.9 Å². The normalized spacial score (nSPS) is 10.7. The topological polar surface area (TPSA) is 77.0 Å². The molecule has 158 valence electrons. The van der Waals surface area contributed by atoms with Gasteiger partial charge in [0.1, 0.15) is 0 Å². The van der Waals surface area contributed by atoms with Crippen LogP contribution in [-0.4, -0.2) is 24.7 Å². The van der Waals surface area contributed by atoms with Gasteiger partial charge in [0.15, 0.2) is 11.5 Å². The highest BCUT2D eigenvalue weighted by atomic mass is 35.5. The molecule has 0 heterocycles. The first-order chi connectivity index (χ1) is 15.0. The van der Waals surface area contributed by atoms with E-state index < -0.39 is 5.97 Å². The van der Waals surface area contributed by atoms with Crippen molar-refractivity contribution in [3.05, 3.63) is 94.0 Å². The molecular formula is C24H21ClN2O4. The summed E-state index contributed by atoms with van der Waals surface area (Å²) >= 11 is 5.85. The predicted octanol–water partition coefficient (Wildman–Crippen LogP) is 5.03. The minimum Gasteiger partial charge on any atom is -0.490 e. The molecule has 3 aromatic carbocycles. The Hall–Kier alpha value is -3.64. The molecule has 0 spiro atoms. The van der Waals surface area contributed by atoms with E-state index in [9.17, 15) is 9.59 Å². The van der Waals surface area contributed by atoms with Gasteiger partial charge in [0.25, 0.3) is 5.91 Å². The van der Waals surface area contributed by atoms with Gasteiger partial charge in [-0.1, -0.05) is 29.3 Å². The van der Waals surface area contributed by atoms with Gasteiger partial charge in [0.05, 0.1) is 18.4 Å². The van der Waals surface area contributed by atoms with Crippen molar-refractivity contribution in [3.63, 3.8) is 0 Å². The number of amides is 1. The molecule has 0 atom stereocenters. The first kappa shape index (κ1) is 22.1.